The van der Waals surface area contributed by atoms with Gasteiger partial charge in [0, 0.05) is 48.4 Å². The number of ether oxygens (including phenoxy) is 2. The highest BCUT2D eigenvalue weighted by Gasteiger charge is 2.32. The van der Waals surface area contributed by atoms with Crippen LogP contribution in [0.2, 0.25) is 0 Å². The van der Waals surface area contributed by atoms with Crippen LogP contribution >= 0.6 is 0 Å². The minimum Gasteiger partial charge on any atom is -0.497 e. The number of carbonyl (C=O) groups excluding carboxylic acids is 2. The Morgan fingerprint density at radius 1 is 1.19 bits per heavy atom. The first-order valence-corrected chi connectivity index (χ1v) is 14.1. The number of nitrogens with two attached hydrogens (primary N) is 1. The van der Waals surface area contributed by atoms with Crippen LogP contribution in [0.15, 0.2) is 54.9 Å². The Balaban J connectivity index is 1.36. The quantitative estimate of drug-likeness (QED) is 0.333. The van der Waals surface area contributed by atoms with E-state index < -0.39 is 0 Å². The average Bonchev–Trinajstić information content (AvgIpc) is 3.63. The Kier molecular flexibility index (Phi) is 7.83. The van der Waals surface area contributed by atoms with E-state index in [0.717, 1.165) is 36.3 Å². The van der Waals surface area contributed by atoms with Gasteiger partial charge in [-0.1, -0.05) is 18.2 Å². The molecule has 4 N–H and O–H groups in total. The van der Waals surface area contributed by atoms with E-state index >= 15 is 0 Å². The Labute approximate surface area is 243 Å². The van der Waals surface area contributed by atoms with Crippen LogP contribution in [-0.4, -0.2) is 57.5 Å². The van der Waals surface area contributed by atoms with Gasteiger partial charge in [-0.25, -0.2) is 15.0 Å². The van der Waals surface area contributed by atoms with Crippen LogP contribution < -0.4 is 21.1 Å². The second kappa shape index (κ2) is 12.0. The number of methoxy groups -OCH3 is 1. The molecular weight excluding hydrogens is 534 g/mol. The molecule has 6 rings (SSSR count). The summed E-state index contributed by atoms with van der Waals surface area (Å²) in [6.07, 6.45) is 11.0. The minimum absolute atomic E-state index is 0.0590. The lowest BCUT2D eigenvalue weighted by molar-refractivity contribution is -0.122. The van der Waals surface area contributed by atoms with Crippen LogP contribution in [0.5, 0.6) is 5.75 Å². The maximum Gasteiger partial charge on any atom is 0.256 e. The fourth-order valence-electron chi connectivity index (χ4n) is 5.66. The number of rotatable bonds is 4. The van der Waals surface area contributed by atoms with E-state index in [0.29, 0.717) is 60.2 Å². The van der Waals surface area contributed by atoms with Crippen molar-refractivity contribution in [2.24, 2.45) is 0 Å². The molecule has 0 spiro atoms. The summed E-state index contributed by atoms with van der Waals surface area (Å²) < 4.78 is 13.0. The molecule has 2 amide bonds. The van der Waals surface area contributed by atoms with Crippen LogP contribution in [0.4, 0.5) is 11.6 Å². The van der Waals surface area contributed by atoms with Crippen LogP contribution in [0.1, 0.15) is 59.9 Å². The van der Waals surface area contributed by atoms with Gasteiger partial charge in [0.25, 0.3) is 5.91 Å². The largest absolute Gasteiger partial charge is 0.497 e. The number of amides is 2. The van der Waals surface area contributed by atoms with Crippen molar-refractivity contribution in [2.45, 2.75) is 44.1 Å². The molecule has 1 aliphatic heterocycles. The number of fused-ring (bicyclic) bond motifs is 3. The lowest BCUT2D eigenvalue weighted by Crippen LogP contribution is -2.32. The number of hydrogen-bond donors (Lipinski definition) is 3. The molecule has 1 fully saturated rings. The molecule has 0 radical (unpaired) electrons. The van der Waals surface area contributed by atoms with Gasteiger partial charge < -0.3 is 25.8 Å². The number of imidazole rings is 1. The topological polar surface area (TPSA) is 146 Å². The highest BCUT2D eigenvalue weighted by molar-refractivity contribution is 6.04. The van der Waals surface area contributed by atoms with Crippen molar-refractivity contribution in [1.82, 2.24) is 24.7 Å². The van der Waals surface area contributed by atoms with Crippen molar-refractivity contribution in [3.05, 3.63) is 71.9 Å². The zero-order chi connectivity index (χ0) is 29.1. The van der Waals surface area contributed by atoms with E-state index in [-0.39, 0.29) is 23.8 Å². The first-order valence-electron chi connectivity index (χ1n) is 14.1. The van der Waals surface area contributed by atoms with Crippen LogP contribution in [0.3, 0.4) is 0 Å². The molecule has 2 aliphatic rings. The number of carbonyl (C=O) groups is 2. The lowest BCUT2D eigenvalue weighted by Gasteiger charge is -2.14. The molecule has 42 heavy (non-hydrogen) atoms. The summed E-state index contributed by atoms with van der Waals surface area (Å²) in [5.74, 6) is 2.15. The molecule has 216 valence electrons. The first kappa shape index (κ1) is 27.4. The van der Waals surface area contributed by atoms with Gasteiger partial charge in [-0.15, -0.1) is 0 Å². The van der Waals surface area contributed by atoms with Crippen molar-refractivity contribution in [2.75, 3.05) is 31.4 Å². The molecule has 11 nitrogen and oxygen atoms in total. The van der Waals surface area contributed by atoms with Gasteiger partial charge in [-0.2, -0.15) is 0 Å². The van der Waals surface area contributed by atoms with E-state index in [1.54, 1.807) is 43.8 Å². The summed E-state index contributed by atoms with van der Waals surface area (Å²) in [6.45, 7) is 0.941. The van der Waals surface area contributed by atoms with Crippen molar-refractivity contribution in [1.29, 1.82) is 0 Å². The number of anilines is 2. The zero-order valence-corrected chi connectivity index (χ0v) is 23.4. The van der Waals surface area contributed by atoms with E-state index in [2.05, 4.69) is 25.0 Å². The number of aromatic nitrogens is 4. The summed E-state index contributed by atoms with van der Waals surface area (Å²) in [4.78, 5) is 39.2. The maximum atomic E-state index is 12.9. The summed E-state index contributed by atoms with van der Waals surface area (Å²) in [6, 6.07) is 10.7. The van der Waals surface area contributed by atoms with E-state index in [1.807, 2.05) is 24.3 Å². The second-order valence-corrected chi connectivity index (χ2v) is 10.5. The second-order valence-electron chi connectivity index (χ2n) is 10.5. The number of pyridine rings is 1. The third-order valence-electron chi connectivity index (χ3n) is 7.73. The van der Waals surface area contributed by atoms with Gasteiger partial charge in [-0.3, -0.25) is 14.0 Å². The van der Waals surface area contributed by atoms with E-state index in [1.165, 1.54) is 0 Å². The zero-order valence-electron chi connectivity index (χ0n) is 23.4. The number of nitrogens with zero attached hydrogens (tertiary/aromatic N) is 4. The molecule has 0 unspecified atom stereocenters. The van der Waals surface area contributed by atoms with Gasteiger partial charge in [0.15, 0.2) is 0 Å². The predicted molar refractivity (Wildman–Crippen MR) is 159 cm³/mol. The molecule has 2 atom stereocenters. The Bertz CT molecular complexity index is 1650. The molecule has 2 bridgehead atoms. The van der Waals surface area contributed by atoms with Crippen molar-refractivity contribution >= 4 is 35.0 Å². The van der Waals surface area contributed by atoms with Crippen LogP contribution in [0, 0.1) is 0 Å². The van der Waals surface area contributed by atoms with Crippen molar-refractivity contribution < 1.29 is 19.1 Å². The van der Waals surface area contributed by atoms with Crippen LogP contribution in [-0.2, 0) is 9.53 Å². The van der Waals surface area contributed by atoms with Gasteiger partial charge in [0.05, 0.1) is 25.6 Å². The number of hydrogen-bond acceptors (Lipinski definition) is 8. The van der Waals surface area contributed by atoms with Crippen molar-refractivity contribution in [3.63, 3.8) is 0 Å². The third-order valence-corrected chi connectivity index (χ3v) is 7.73. The average molecular weight is 568 g/mol. The van der Waals surface area contributed by atoms with Gasteiger partial charge in [-0.05, 0) is 50.0 Å². The van der Waals surface area contributed by atoms with Crippen LogP contribution in [0.25, 0.3) is 22.9 Å². The lowest BCUT2D eigenvalue weighted by atomic mass is 10.1. The fourth-order valence-corrected chi connectivity index (χ4v) is 5.66. The number of nitrogens with one attached hydrogen (secondary N) is 2. The maximum absolute atomic E-state index is 12.9. The molecule has 0 saturated heterocycles. The van der Waals surface area contributed by atoms with Gasteiger partial charge >= 0.3 is 0 Å². The normalized spacial score (nSPS) is 19.9. The Morgan fingerprint density at radius 3 is 2.88 bits per heavy atom. The summed E-state index contributed by atoms with van der Waals surface area (Å²) in [5, 5.41) is 5.99. The first-order chi connectivity index (χ1) is 20.5. The highest BCUT2D eigenvalue weighted by Crippen LogP contribution is 2.39. The minimum atomic E-state index is -0.291. The van der Waals surface area contributed by atoms with Crippen molar-refractivity contribution in [3.8, 4) is 17.0 Å². The standard InChI is InChI=1S/C31H33N7O4/c1-41-24-12-13-33-25(17-24)36-31(40)20-8-6-19(7-9-20)27-28-29(32)34-18-23-4-2-14-42-15-3-5-26(39)35-22-11-10-21(16-22)30(37-27)38(23)28/h2,4,6-9,12-13,17-18,21-22H,3,5,10-11,14-16H2,1H3,(H2,32,34)(H,35,39)(H,33,36,40)/b4-2+/t21-,22-/m1/s1. The van der Waals surface area contributed by atoms with Gasteiger partial charge in [0.1, 0.15) is 34.4 Å². The summed E-state index contributed by atoms with van der Waals surface area (Å²) in [7, 11) is 1.56. The summed E-state index contributed by atoms with van der Waals surface area (Å²) >= 11 is 0. The Morgan fingerprint density at radius 2 is 2.05 bits per heavy atom. The molecule has 3 aromatic heterocycles. The molecule has 1 aromatic carbocycles. The predicted octanol–water partition coefficient (Wildman–Crippen LogP) is 4.21. The molecule has 11 heteroatoms. The number of benzene rings is 1. The molecule has 4 heterocycles. The molecule has 1 aliphatic carbocycles. The number of nitrogen functional groups attached to an aromatic ring is 1. The summed E-state index contributed by atoms with van der Waals surface area (Å²) in [5.41, 5.74) is 10.0. The molecule has 4 aromatic rings. The SMILES string of the molecule is COc1ccnc(NC(=O)c2ccc(-c3nc4n5c(cnc(N)c35)/C=C/COCCCC(=O)N[C@@H]3CC[C@@H]4C3)cc2)c1. The third kappa shape index (κ3) is 5.68. The van der Waals surface area contributed by atoms with Gasteiger partial charge in [0.2, 0.25) is 5.91 Å². The fraction of sp³-hybridized carbons (Fsp3) is 0.323. The highest BCUT2D eigenvalue weighted by atomic mass is 16.5. The molecular formula is C31H33N7O4. The monoisotopic (exact) mass is 567 g/mol. The van der Waals surface area contributed by atoms with E-state index in [4.69, 9.17) is 20.2 Å². The molecule has 1 saturated carbocycles. The van der Waals surface area contributed by atoms with E-state index in [9.17, 15) is 9.59 Å². The smallest absolute Gasteiger partial charge is 0.256 e. The Hall–Kier alpha value is -4.77.